The van der Waals surface area contributed by atoms with Gasteiger partial charge in [-0.15, -0.1) is 11.3 Å². The number of nitrogens with zero attached hydrogens (tertiary/aromatic N) is 2. The van der Waals surface area contributed by atoms with Gasteiger partial charge in [0.1, 0.15) is 12.1 Å². The van der Waals surface area contributed by atoms with Gasteiger partial charge >= 0.3 is 0 Å². The molecule has 1 aromatic heterocycles. The summed E-state index contributed by atoms with van der Waals surface area (Å²) in [7, 11) is 0. The molecule has 1 fully saturated rings. The van der Waals surface area contributed by atoms with E-state index in [1.165, 1.54) is 30.6 Å². The van der Waals surface area contributed by atoms with E-state index in [1.807, 2.05) is 64.4 Å². The number of hydrogen-bond donors (Lipinski definition) is 3. The quantitative estimate of drug-likeness (QED) is 0.151. The van der Waals surface area contributed by atoms with E-state index in [1.54, 1.807) is 11.3 Å². The van der Waals surface area contributed by atoms with Gasteiger partial charge in [-0.05, 0) is 43.2 Å². The molecule has 3 rings (SSSR count). The van der Waals surface area contributed by atoms with Crippen LogP contribution < -0.4 is 10.6 Å². The smallest absolute Gasteiger partial charge is 0.246 e. The highest BCUT2D eigenvalue weighted by Crippen LogP contribution is 2.29. The van der Waals surface area contributed by atoms with E-state index in [9.17, 15) is 19.5 Å². The van der Waals surface area contributed by atoms with Gasteiger partial charge in [0.25, 0.3) is 0 Å². The minimum Gasteiger partial charge on any atom is -0.391 e. The van der Waals surface area contributed by atoms with Gasteiger partial charge in [0.2, 0.25) is 17.7 Å². The predicted molar refractivity (Wildman–Crippen MR) is 177 cm³/mol. The monoisotopic (exact) mass is 676 g/mol. The van der Waals surface area contributed by atoms with Crippen molar-refractivity contribution in [1.82, 2.24) is 20.5 Å². The lowest BCUT2D eigenvalue weighted by molar-refractivity contribution is -0.144. The topological polar surface area (TPSA) is 112 Å². The van der Waals surface area contributed by atoms with Crippen LogP contribution in [0.15, 0.2) is 29.8 Å². The van der Waals surface area contributed by atoms with Crippen LogP contribution in [0.3, 0.4) is 0 Å². The first-order valence-electron chi connectivity index (χ1n) is 15.6. The maximum atomic E-state index is 13.8. The van der Waals surface area contributed by atoms with Crippen LogP contribution in [0.2, 0.25) is 0 Å². The average molecular weight is 678 g/mol. The Hall–Kier alpha value is -2.30. The van der Waals surface area contributed by atoms with Crippen molar-refractivity contribution in [3.8, 4) is 10.4 Å². The van der Waals surface area contributed by atoms with Crippen molar-refractivity contribution in [2.45, 2.75) is 117 Å². The number of aliphatic hydroxyl groups is 1. The van der Waals surface area contributed by atoms with Gasteiger partial charge in [-0.1, -0.05) is 93.1 Å². The lowest BCUT2D eigenvalue weighted by atomic mass is 9.85. The normalized spacial score (nSPS) is 18.3. The van der Waals surface area contributed by atoms with Crippen LogP contribution in [-0.4, -0.2) is 62.8 Å². The third-order valence-corrected chi connectivity index (χ3v) is 9.64. The molecule has 8 nitrogen and oxygen atoms in total. The van der Waals surface area contributed by atoms with Crippen LogP contribution in [0.25, 0.3) is 10.4 Å². The Morgan fingerprint density at radius 2 is 1.67 bits per heavy atom. The number of alkyl halides is 1. The summed E-state index contributed by atoms with van der Waals surface area (Å²) in [6.07, 6.45) is 7.42. The number of halogens is 1. The number of carbonyl (C=O) groups is 3. The van der Waals surface area contributed by atoms with E-state index in [-0.39, 0.29) is 36.7 Å². The first-order chi connectivity index (χ1) is 20.4. The number of rotatable bonds is 15. The molecule has 3 N–H and O–H groups in total. The maximum Gasteiger partial charge on any atom is 0.246 e. The molecule has 1 aromatic carbocycles. The summed E-state index contributed by atoms with van der Waals surface area (Å²) in [5, 5.41) is 17.5. The molecule has 3 amide bonds. The minimum atomic E-state index is -0.810. The molecule has 0 aliphatic carbocycles. The van der Waals surface area contributed by atoms with Gasteiger partial charge in [-0.2, -0.15) is 0 Å². The zero-order chi connectivity index (χ0) is 31.6. The van der Waals surface area contributed by atoms with Gasteiger partial charge in [0.05, 0.1) is 28.2 Å². The molecule has 0 spiro atoms. The second-order valence-electron chi connectivity index (χ2n) is 12.8. The molecule has 1 saturated heterocycles. The van der Waals surface area contributed by atoms with Crippen molar-refractivity contribution in [2.75, 3.05) is 11.9 Å². The van der Waals surface area contributed by atoms with Crippen molar-refractivity contribution < 1.29 is 19.5 Å². The molecule has 43 heavy (non-hydrogen) atoms. The van der Waals surface area contributed by atoms with E-state index in [0.29, 0.717) is 6.42 Å². The highest BCUT2D eigenvalue weighted by Gasteiger charge is 2.44. The average Bonchev–Trinajstić information content (AvgIpc) is 3.57. The van der Waals surface area contributed by atoms with E-state index < -0.39 is 23.6 Å². The Balaban J connectivity index is 1.58. The van der Waals surface area contributed by atoms with E-state index >= 15 is 0 Å². The molecule has 10 heteroatoms. The number of thiazole rings is 1. The third kappa shape index (κ3) is 10.4. The van der Waals surface area contributed by atoms with Crippen molar-refractivity contribution in [2.24, 2.45) is 5.41 Å². The summed E-state index contributed by atoms with van der Waals surface area (Å²) in [4.78, 5) is 47.1. The Labute approximate surface area is 269 Å². The van der Waals surface area contributed by atoms with Gasteiger partial charge in [-0.3, -0.25) is 14.4 Å². The van der Waals surface area contributed by atoms with Gasteiger partial charge in [-0.25, -0.2) is 4.98 Å². The van der Waals surface area contributed by atoms with Crippen LogP contribution >= 0.6 is 27.3 Å². The molecule has 238 valence electrons. The van der Waals surface area contributed by atoms with Gasteiger partial charge in [0, 0.05) is 24.7 Å². The van der Waals surface area contributed by atoms with Crippen LogP contribution in [0.4, 0.5) is 0 Å². The van der Waals surface area contributed by atoms with Crippen molar-refractivity contribution in [1.29, 1.82) is 0 Å². The van der Waals surface area contributed by atoms with E-state index in [2.05, 4.69) is 31.5 Å². The summed E-state index contributed by atoms with van der Waals surface area (Å²) in [5.41, 5.74) is 4.27. The second-order valence-corrected chi connectivity index (χ2v) is 14.4. The van der Waals surface area contributed by atoms with Crippen molar-refractivity contribution in [3.05, 3.63) is 41.0 Å². The number of amides is 3. The van der Waals surface area contributed by atoms with Gasteiger partial charge in [0.15, 0.2) is 0 Å². The molecule has 1 aliphatic heterocycles. The summed E-state index contributed by atoms with van der Waals surface area (Å²) in [6, 6.07) is 6.12. The SMILES string of the molecule is Cc1ncsc1-c1ccc([C@H](C)NC(=O)[C@@H]2C[C@H](O)CN2C(=O)C(NC(=O)CCCCCCCCCBr)C(C)(C)C)cc1. The molecular formula is C33H49BrN4O4S. The number of aryl methyl sites for hydroxylation is 1. The fraction of sp³-hybridized carbons (Fsp3) is 0.636. The second kappa shape index (κ2) is 16.7. The first-order valence-corrected chi connectivity index (χ1v) is 17.6. The maximum absolute atomic E-state index is 13.8. The summed E-state index contributed by atoms with van der Waals surface area (Å²) >= 11 is 5.05. The fourth-order valence-corrected chi connectivity index (χ4v) is 6.72. The van der Waals surface area contributed by atoms with E-state index in [0.717, 1.165) is 46.3 Å². The Morgan fingerprint density at radius 1 is 1.05 bits per heavy atom. The number of benzene rings is 1. The zero-order valence-corrected chi connectivity index (χ0v) is 28.7. The van der Waals surface area contributed by atoms with Crippen LogP contribution in [0.5, 0.6) is 0 Å². The summed E-state index contributed by atoms with van der Waals surface area (Å²) < 4.78 is 0. The number of unbranched alkanes of at least 4 members (excludes halogenated alkanes) is 6. The molecule has 0 radical (unpaired) electrons. The predicted octanol–water partition coefficient (Wildman–Crippen LogP) is 6.30. The standard InChI is InChI=1S/C33H49BrN4O4S/c1-22(24-14-16-25(17-15-24)29-23(2)35-21-43-29)36-31(41)27-19-26(39)20-38(27)32(42)30(33(3,4)5)37-28(40)13-11-9-7-6-8-10-12-18-34/h14-17,21-22,26-27,30,39H,6-13,18-20H2,1-5H3,(H,36,41)(H,37,40)/t22-,26-,27-,30?/m0/s1. The Morgan fingerprint density at radius 3 is 2.26 bits per heavy atom. The van der Waals surface area contributed by atoms with Crippen molar-refractivity contribution in [3.63, 3.8) is 0 Å². The summed E-state index contributed by atoms with van der Waals surface area (Å²) in [6.45, 7) is 9.67. The molecule has 2 heterocycles. The fourth-order valence-electron chi connectivity index (χ4n) is 5.51. The number of β-amino-alcohol motifs (C(OH)–C–C–N with tert-alkyl or cyclic N) is 1. The lowest BCUT2D eigenvalue weighted by Crippen LogP contribution is -2.57. The van der Waals surface area contributed by atoms with E-state index in [4.69, 9.17) is 0 Å². The highest BCUT2D eigenvalue weighted by molar-refractivity contribution is 9.09. The number of aliphatic hydroxyl groups excluding tert-OH is 1. The van der Waals surface area contributed by atoms with Crippen LogP contribution in [-0.2, 0) is 14.4 Å². The number of hydrogen-bond acceptors (Lipinski definition) is 6. The molecular weight excluding hydrogens is 628 g/mol. The van der Waals surface area contributed by atoms with Crippen LogP contribution in [0.1, 0.15) is 103 Å². The zero-order valence-electron chi connectivity index (χ0n) is 26.3. The Bertz CT molecular complexity index is 1200. The highest BCUT2D eigenvalue weighted by atomic mass is 79.9. The third-order valence-electron chi connectivity index (χ3n) is 8.10. The molecule has 2 aromatic rings. The minimum absolute atomic E-state index is 0.0612. The number of likely N-dealkylation sites (tertiary alicyclic amines) is 1. The van der Waals surface area contributed by atoms with Crippen LogP contribution in [0, 0.1) is 12.3 Å². The lowest BCUT2D eigenvalue weighted by Gasteiger charge is -2.35. The van der Waals surface area contributed by atoms with Gasteiger partial charge < -0.3 is 20.6 Å². The molecule has 0 bridgehead atoms. The summed E-state index contributed by atoms with van der Waals surface area (Å²) in [5.74, 6) is -0.796. The van der Waals surface area contributed by atoms with Crippen molar-refractivity contribution >= 4 is 45.0 Å². The molecule has 4 atom stereocenters. The number of aromatic nitrogens is 1. The largest absolute Gasteiger partial charge is 0.391 e. The Kier molecular flexibility index (Phi) is 13.6. The molecule has 1 aliphatic rings. The number of nitrogens with one attached hydrogen (secondary N) is 2. The molecule has 0 saturated carbocycles. The first kappa shape index (κ1) is 35.2. The number of carbonyl (C=O) groups excluding carboxylic acids is 3. The molecule has 1 unspecified atom stereocenters.